The number of sulfonamides is 1. The molecule has 0 aliphatic heterocycles. The average molecular weight is 257 g/mol. The third-order valence-corrected chi connectivity index (χ3v) is 3.71. The summed E-state index contributed by atoms with van der Waals surface area (Å²) in [7, 11) is -3.36. The Hall–Kier alpha value is -1.14. The number of nitrogens with zero attached hydrogens (tertiary/aromatic N) is 1. The van der Waals surface area contributed by atoms with Crippen molar-refractivity contribution in [3.8, 4) is 0 Å². The van der Waals surface area contributed by atoms with E-state index in [4.69, 9.17) is 5.73 Å². The van der Waals surface area contributed by atoms with Crippen LogP contribution in [0.15, 0.2) is 18.3 Å². The number of nitrogens with one attached hydrogen (secondary N) is 1. The minimum atomic E-state index is -3.36. The largest absolute Gasteiger partial charge is 0.326 e. The number of anilines is 1. The van der Waals surface area contributed by atoms with E-state index in [9.17, 15) is 8.42 Å². The lowest BCUT2D eigenvalue weighted by Gasteiger charge is -2.18. The van der Waals surface area contributed by atoms with E-state index in [1.54, 1.807) is 18.3 Å². The summed E-state index contributed by atoms with van der Waals surface area (Å²) in [5, 5.41) is 0. The van der Waals surface area contributed by atoms with E-state index in [-0.39, 0.29) is 11.2 Å². The van der Waals surface area contributed by atoms with Crippen molar-refractivity contribution in [2.45, 2.75) is 27.3 Å². The van der Waals surface area contributed by atoms with Gasteiger partial charge >= 0.3 is 0 Å². The minimum absolute atomic E-state index is 0.0559. The van der Waals surface area contributed by atoms with Crippen molar-refractivity contribution in [3.63, 3.8) is 0 Å². The second-order valence-electron chi connectivity index (χ2n) is 5.18. The quantitative estimate of drug-likeness (QED) is 0.852. The third kappa shape index (κ3) is 5.14. The zero-order valence-electron chi connectivity index (χ0n) is 10.4. The molecule has 17 heavy (non-hydrogen) atoms. The van der Waals surface area contributed by atoms with Gasteiger partial charge in [-0.2, -0.15) is 0 Å². The highest BCUT2D eigenvalue weighted by Gasteiger charge is 2.21. The van der Waals surface area contributed by atoms with Crippen molar-refractivity contribution >= 4 is 15.8 Å². The molecule has 0 aliphatic carbocycles. The molecule has 1 aromatic heterocycles. The van der Waals surface area contributed by atoms with Gasteiger partial charge in [0.05, 0.1) is 5.75 Å². The van der Waals surface area contributed by atoms with Crippen molar-refractivity contribution < 1.29 is 8.42 Å². The molecule has 0 saturated carbocycles. The lowest BCUT2D eigenvalue weighted by Crippen LogP contribution is -2.26. The molecule has 0 aromatic carbocycles. The Morgan fingerprint density at radius 2 is 2.00 bits per heavy atom. The molecular formula is C11H19N3O2S. The fourth-order valence-electron chi connectivity index (χ4n) is 1.37. The van der Waals surface area contributed by atoms with Crippen LogP contribution in [0.1, 0.15) is 26.3 Å². The molecule has 3 N–H and O–H groups in total. The Morgan fingerprint density at radius 3 is 2.41 bits per heavy atom. The first-order chi connectivity index (χ1) is 7.72. The minimum Gasteiger partial charge on any atom is -0.326 e. The molecule has 0 amide bonds. The van der Waals surface area contributed by atoms with Crippen LogP contribution in [-0.4, -0.2) is 19.2 Å². The molecule has 0 bridgehead atoms. The van der Waals surface area contributed by atoms with Gasteiger partial charge in [0.25, 0.3) is 0 Å². The number of nitrogens with two attached hydrogens (primary N) is 1. The molecule has 1 aromatic rings. The van der Waals surface area contributed by atoms with Crippen molar-refractivity contribution in [2.24, 2.45) is 11.1 Å². The lowest BCUT2D eigenvalue weighted by atomic mass is 10.0. The average Bonchev–Trinajstić information content (AvgIpc) is 2.14. The first kappa shape index (κ1) is 13.9. The zero-order valence-corrected chi connectivity index (χ0v) is 11.2. The summed E-state index contributed by atoms with van der Waals surface area (Å²) in [6, 6.07) is 3.37. The zero-order chi connectivity index (χ0) is 13.1. The molecule has 0 fully saturated rings. The maximum atomic E-state index is 11.8. The Labute approximate surface area is 102 Å². The highest BCUT2D eigenvalue weighted by molar-refractivity contribution is 7.92. The van der Waals surface area contributed by atoms with Crippen LogP contribution < -0.4 is 10.5 Å². The molecule has 0 unspecified atom stereocenters. The van der Waals surface area contributed by atoms with E-state index in [0.29, 0.717) is 12.4 Å². The maximum absolute atomic E-state index is 11.8. The first-order valence-electron chi connectivity index (χ1n) is 5.37. The SMILES string of the molecule is CC(C)(C)CS(=O)(=O)Nc1ccc(CN)cn1. The Kier molecular flexibility index (Phi) is 4.11. The van der Waals surface area contributed by atoms with E-state index in [2.05, 4.69) is 9.71 Å². The molecule has 0 radical (unpaired) electrons. The Balaban J connectivity index is 2.76. The summed E-state index contributed by atoms with van der Waals surface area (Å²) >= 11 is 0. The molecule has 5 nitrogen and oxygen atoms in total. The number of rotatable bonds is 4. The molecule has 1 heterocycles. The monoisotopic (exact) mass is 257 g/mol. The summed E-state index contributed by atoms with van der Waals surface area (Å²) in [5.74, 6) is 0.381. The smallest absolute Gasteiger partial charge is 0.234 e. The number of hydrogen-bond acceptors (Lipinski definition) is 4. The van der Waals surface area contributed by atoms with Gasteiger partial charge in [-0.15, -0.1) is 0 Å². The highest BCUT2D eigenvalue weighted by atomic mass is 32.2. The van der Waals surface area contributed by atoms with Crippen LogP contribution in [-0.2, 0) is 16.6 Å². The summed E-state index contributed by atoms with van der Waals surface area (Å²) in [6.45, 7) is 6.01. The molecule has 96 valence electrons. The molecule has 6 heteroatoms. The molecule has 0 spiro atoms. The predicted molar refractivity (Wildman–Crippen MR) is 69.0 cm³/mol. The molecule has 0 saturated heterocycles. The number of hydrogen-bond donors (Lipinski definition) is 2. The van der Waals surface area contributed by atoms with Gasteiger partial charge < -0.3 is 5.73 Å². The highest BCUT2D eigenvalue weighted by Crippen LogP contribution is 2.17. The van der Waals surface area contributed by atoms with Gasteiger partial charge in [0, 0.05) is 12.7 Å². The maximum Gasteiger partial charge on any atom is 0.234 e. The molecule has 0 aliphatic rings. The number of pyridine rings is 1. The van der Waals surface area contributed by atoms with Crippen LogP contribution >= 0.6 is 0 Å². The molecule has 1 rings (SSSR count). The molecule has 0 atom stereocenters. The van der Waals surface area contributed by atoms with E-state index >= 15 is 0 Å². The normalized spacial score (nSPS) is 12.5. The summed E-state index contributed by atoms with van der Waals surface area (Å²) in [4.78, 5) is 3.99. The van der Waals surface area contributed by atoms with Gasteiger partial charge in [-0.05, 0) is 17.0 Å². The summed E-state index contributed by atoms with van der Waals surface area (Å²) in [5.41, 5.74) is 6.01. The van der Waals surface area contributed by atoms with Crippen LogP contribution in [0.3, 0.4) is 0 Å². The van der Waals surface area contributed by atoms with Gasteiger partial charge in [-0.1, -0.05) is 26.8 Å². The van der Waals surface area contributed by atoms with Gasteiger partial charge in [0.15, 0.2) is 0 Å². The van der Waals surface area contributed by atoms with Crippen LogP contribution in [0, 0.1) is 5.41 Å². The predicted octanol–water partition coefficient (Wildman–Crippen LogP) is 1.33. The van der Waals surface area contributed by atoms with Gasteiger partial charge in [-0.25, -0.2) is 13.4 Å². The van der Waals surface area contributed by atoms with E-state index in [0.717, 1.165) is 5.56 Å². The fourth-order valence-corrected chi connectivity index (χ4v) is 3.02. The van der Waals surface area contributed by atoms with Gasteiger partial charge in [0.1, 0.15) is 5.82 Å². The van der Waals surface area contributed by atoms with Crippen LogP contribution in [0.2, 0.25) is 0 Å². The second kappa shape index (κ2) is 5.01. The van der Waals surface area contributed by atoms with Gasteiger partial charge in [0.2, 0.25) is 10.0 Å². The van der Waals surface area contributed by atoms with Crippen molar-refractivity contribution in [1.82, 2.24) is 4.98 Å². The van der Waals surface area contributed by atoms with Crippen molar-refractivity contribution in [2.75, 3.05) is 10.5 Å². The van der Waals surface area contributed by atoms with Crippen molar-refractivity contribution in [3.05, 3.63) is 23.9 Å². The topological polar surface area (TPSA) is 85.1 Å². The Morgan fingerprint density at radius 1 is 1.35 bits per heavy atom. The second-order valence-corrected chi connectivity index (χ2v) is 6.90. The summed E-state index contributed by atoms with van der Waals surface area (Å²) in [6.07, 6.45) is 1.56. The van der Waals surface area contributed by atoms with E-state index < -0.39 is 10.0 Å². The molecular weight excluding hydrogens is 238 g/mol. The van der Waals surface area contributed by atoms with Gasteiger partial charge in [-0.3, -0.25) is 4.72 Å². The van der Waals surface area contributed by atoms with Crippen LogP contribution in [0.5, 0.6) is 0 Å². The van der Waals surface area contributed by atoms with Crippen LogP contribution in [0.4, 0.5) is 5.82 Å². The van der Waals surface area contributed by atoms with E-state index in [1.165, 1.54) is 0 Å². The standard InChI is InChI=1S/C11H19N3O2S/c1-11(2,3)8-17(15,16)14-10-5-4-9(6-12)7-13-10/h4-5,7H,6,8,12H2,1-3H3,(H,13,14). The van der Waals surface area contributed by atoms with E-state index in [1.807, 2.05) is 20.8 Å². The van der Waals surface area contributed by atoms with Crippen LogP contribution in [0.25, 0.3) is 0 Å². The lowest BCUT2D eigenvalue weighted by molar-refractivity contribution is 0.463. The fraction of sp³-hybridized carbons (Fsp3) is 0.545. The first-order valence-corrected chi connectivity index (χ1v) is 7.02. The third-order valence-electron chi connectivity index (χ3n) is 1.94. The number of aromatic nitrogens is 1. The summed E-state index contributed by atoms with van der Waals surface area (Å²) < 4.78 is 26.0. The van der Waals surface area contributed by atoms with Crippen molar-refractivity contribution in [1.29, 1.82) is 0 Å². The Bertz CT molecular complexity index is 460.